The maximum absolute atomic E-state index is 13.2. The molecule has 0 spiro atoms. The fraction of sp³-hybridized carbons (Fsp3) is 0.353. The number of hydrogen-bond acceptors (Lipinski definition) is 6. The molecule has 27 heavy (non-hydrogen) atoms. The third-order valence-corrected chi connectivity index (χ3v) is 6.86. The molecule has 2 saturated heterocycles. The smallest absolute Gasteiger partial charge is 0.293 e. The van der Waals surface area contributed by atoms with Crippen LogP contribution in [0.25, 0.3) is 6.08 Å². The van der Waals surface area contributed by atoms with E-state index in [1.165, 1.54) is 24.3 Å². The van der Waals surface area contributed by atoms with Crippen LogP contribution >= 0.6 is 11.8 Å². The van der Waals surface area contributed by atoms with E-state index in [1.807, 2.05) is 0 Å². The van der Waals surface area contributed by atoms with Crippen molar-refractivity contribution < 1.29 is 27.2 Å². The van der Waals surface area contributed by atoms with E-state index in [9.17, 15) is 27.2 Å². The molecule has 2 fully saturated rings. The van der Waals surface area contributed by atoms with Crippen LogP contribution in [0, 0.1) is 5.82 Å². The van der Waals surface area contributed by atoms with Crippen LogP contribution in [0.2, 0.25) is 0 Å². The highest BCUT2D eigenvalue weighted by atomic mass is 32.2. The molecule has 0 unspecified atom stereocenters. The van der Waals surface area contributed by atoms with Gasteiger partial charge < -0.3 is 5.32 Å². The maximum atomic E-state index is 13.2. The second kappa shape index (κ2) is 7.81. The molecular weight excluding hydrogens is 395 g/mol. The van der Waals surface area contributed by atoms with Crippen LogP contribution < -0.4 is 5.32 Å². The van der Waals surface area contributed by atoms with E-state index in [-0.39, 0.29) is 29.4 Å². The minimum absolute atomic E-state index is 0.0475. The van der Waals surface area contributed by atoms with Gasteiger partial charge in [-0.05, 0) is 42.0 Å². The lowest BCUT2D eigenvalue weighted by molar-refractivity contribution is -0.124. The van der Waals surface area contributed by atoms with Crippen LogP contribution in [0.4, 0.5) is 9.18 Å². The van der Waals surface area contributed by atoms with Gasteiger partial charge in [-0.3, -0.25) is 19.3 Å². The van der Waals surface area contributed by atoms with E-state index >= 15 is 0 Å². The van der Waals surface area contributed by atoms with Crippen molar-refractivity contribution >= 4 is 44.7 Å². The molecule has 0 aromatic heterocycles. The Morgan fingerprint density at radius 3 is 2.81 bits per heavy atom. The third kappa shape index (κ3) is 4.95. The van der Waals surface area contributed by atoms with Crippen LogP contribution in [0.5, 0.6) is 0 Å². The van der Waals surface area contributed by atoms with Crippen molar-refractivity contribution in [3.05, 3.63) is 40.6 Å². The highest BCUT2D eigenvalue weighted by molar-refractivity contribution is 8.18. The maximum Gasteiger partial charge on any atom is 0.293 e. The lowest BCUT2D eigenvalue weighted by Gasteiger charge is -2.14. The molecule has 1 N–H and O–H groups in total. The standard InChI is InChI=1S/C17H17FN2O5S2/c18-12-3-1-2-11(8-12)9-14-16(22)20(17(23)26-14)6-4-15(21)19-13-5-7-27(24,25)10-13/h1-3,8-9,13H,4-7,10H2,(H,19,21)/b14-9+/t13-/m1/s1. The summed E-state index contributed by atoms with van der Waals surface area (Å²) in [6, 6.07) is 5.21. The number of rotatable bonds is 5. The minimum atomic E-state index is -3.10. The van der Waals surface area contributed by atoms with Crippen LogP contribution in [0.1, 0.15) is 18.4 Å². The first-order chi connectivity index (χ1) is 12.7. The third-order valence-electron chi connectivity index (χ3n) is 4.18. The molecule has 2 aliphatic heterocycles. The Hall–Kier alpha value is -2.20. The zero-order valence-corrected chi connectivity index (χ0v) is 15.8. The normalized spacial score (nSPS) is 23.2. The molecule has 3 rings (SSSR count). The number of halogens is 1. The number of sulfone groups is 1. The van der Waals surface area contributed by atoms with Gasteiger partial charge in [0.2, 0.25) is 5.91 Å². The Morgan fingerprint density at radius 2 is 2.15 bits per heavy atom. The van der Waals surface area contributed by atoms with Gasteiger partial charge in [0.1, 0.15) is 5.82 Å². The summed E-state index contributed by atoms with van der Waals surface area (Å²) in [5.41, 5.74) is 0.459. The van der Waals surface area contributed by atoms with Crippen molar-refractivity contribution in [1.82, 2.24) is 10.2 Å². The molecule has 3 amide bonds. The quantitative estimate of drug-likeness (QED) is 0.737. The van der Waals surface area contributed by atoms with Crippen molar-refractivity contribution in [1.29, 1.82) is 0 Å². The van der Waals surface area contributed by atoms with Gasteiger partial charge >= 0.3 is 0 Å². The van der Waals surface area contributed by atoms with Crippen LogP contribution in [-0.2, 0) is 19.4 Å². The first-order valence-electron chi connectivity index (χ1n) is 8.24. The Labute approximate surface area is 159 Å². The first-order valence-corrected chi connectivity index (χ1v) is 10.9. The number of carbonyl (C=O) groups is 3. The van der Waals surface area contributed by atoms with Crippen LogP contribution in [0.3, 0.4) is 0 Å². The molecule has 2 heterocycles. The molecule has 0 saturated carbocycles. The van der Waals surface area contributed by atoms with Crippen LogP contribution in [0.15, 0.2) is 29.2 Å². The number of hydrogen-bond donors (Lipinski definition) is 1. The summed E-state index contributed by atoms with van der Waals surface area (Å²) in [5.74, 6) is -1.44. The number of nitrogens with zero attached hydrogens (tertiary/aromatic N) is 1. The van der Waals surface area contributed by atoms with Gasteiger partial charge in [-0.1, -0.05) is 12.1 Å². The van der Waals surface area contributed by atoms with Gasteiger partial charge in [-0.25, -0.2) is 12.8 Å². The summed E-state index contributed by atoms with van der Waals surface area (Å²) in [4.78, 5) is 37.5. The number of thioether (sulfide) groups is 1. The molecule has 0 aliphatic carbocycles. The highest BCUT2D eigenvalue weighted by Gasteiger charge is 2.35. The van der Waals surface area contributed by atoms with E-state index in [0.29, 0.717) is 12.0 Å². The lowest BCUT2D eigenvalue weighted by Crippen LogP contribution is -2.38. The molecular formula is C17H17FN2O5S2. The first kappa shape index (κ1) is 19.6. The molecule has 2 aliphatic rings. The second-order valence-corrected chi connectivity index (χ2v) is 9.53. The molecule has 1 aromatic carbocycles. The second-order valence-electron chi connectivity index (χ2n) is 6.31. The summed E-state index contributed by atoms with van der Waals surface area (Å²) in [6.07, 6.45) is 1.69. The summed E-state index contributed by atoms with van der Waals surface area (Å²) in [7, 11) is -3.10. The van der Waals surface area contributed by atoms with E-state index in [4.69, 9.17) is 0 Å². The van der Waals surface area contributed by atoms with Gasteiger partial charge in [-0.2, -0.15) is 0 Å². The van der Waals surface area contributed by atoms with Crippen molar-refractivity contribution in [2.75, 3.05) is 18.1 Å². The van der Waals surface area contributed by atoms with Gasteiger partial charge in [0.25, 0.3) is 11.1 Å². The largest absolute Gasteiger partial charge is 0.352 e. The predicted octanol–water partition coefficient (Wildman–Crippen LogP) is 1.56. The predicted molar refractivity (Wildman–Crippen MR) is 98.9 cm³/mol. The Morgan fingerprint density at radius 1 is 1.37 bits per heavy atom. The van der Waals surface area contributed by atoms with Crippen molar-refractivity contribution in [3.63, 3.8) is 0 Å². The topological polar surface area (TPSA) is 101 Å². The summed E-state index contributed by atoms with van der Waals surface area (Å²) in [6.45, 7) is -0.101. The average molecular weight is 412 g/mol. The van der Waals surface area contributed by atoms with Crippen molar-refractivity contribution in [3.8, 4) is 0 Å². The lowest BCUT2D eigenvalue weighted by atomic mass is 10.2. The number of amides is 3. The molecule has 10 heteroatoms. The molecule has 1 atom stereocenters. The molecule has 144 valence electrons. The number of imide groups is 1. The number of carbonyl (C=O) groups excluding carboxylic acids is 3. The summed E-state index contributed by atoms with van der Waals surface area (Å²) >= 11 is 0.732. The fourth-order valence-corrected chi connectivity index (χ4v) is 5.40. The fourth-order valence-electron chi connectivity index (χ4n) is 2.86. The number of nitrogens with one attached hydrogen (secondary N) is 1. The van der Waals surface area contributed by atoms with E-state index in [1.54, 1.807) is 6.07 Å². The van der Waals surface area contributed by atoms with E-state index in [0.717, 1.165) is 16.7 Å². The molecule has 1 aromatic rings. The summed E-state index contributed by atoms with van der Waals surface area (Å²) < 4.78 is 36.0. The summed E-state index contributed by atoms with van der Waals surface area (Å²) in [5, 5.41) is 2.11. The number of benzene rings is 1. The monoisotopic (exact) mass is 412 g/mol. The Balaban J connectivity index is 1.57. The SMILES string of the molecule is O=C(CCN1C(=O)S/C(=C/c2cccc(F)c2)C1=O)N[C@@H]1CCS(=O)(=O)C1. The van der Waals surface area contributed by atoms with E-state index in [2.05, 4.69) is 5.32 Å². The molecule has 0 bridgehead atoms. The zero-order chi connectivity index (χ0) is 19.6. The van der Waals surface area contributed by atoms with E-state index < -0.39 is 38.7 Å². The van der Waals surface area contributed by atoms with Gasteiger partial charge in [-0.15, -0.1) is 0 Å². The minimum Gasteiger partial charge on any atom is -0.352 e. The molecule has 0 radical (unpaired) electrons. The zero-order valence-electron chi connectivity index (χ0n) is 14.2. The van der Waals surface area contributed by atoms with Gasteiger partial charge in [0.15, 0.2) is 9.84 Å². The average Bonchev–Trinajstić information content (AvgIpc) is 3.05. The molecule has 7 nitrogen and oxygen atoms in total. The van der Waals surface area contributed by atoms with Crippen LogP contribution in [-0.4, -0.2) is 54.5 Å². The van der Waals surface area contributed by atoms with Crippen molar-refractivity contribution in [2.24, 2.45) is 0 Å². The van der Waals surface area contributed by atoms with Crippen molar-refractivity contribution in [2.45, 2.75) is 18.9 Å². The highest BCUT2D eigenvalue weighted by Crippen LogP contribution is 2.32. The Bertz CT molecular complexity index is 929. The Kier molecular flexibility index (Phi) is 5.66. The van der Waals surface area contributed by atoms with Gasteiger partial charge in [0, 0.05) is 19.0 Å². The van der Waals surface area contributed by atoms with Gasteiger partial charge in [0.05, 0.1) is 16.4 Å².